The lowest BCUT2D eigenvalue weighted by atomic mass is 10.1. The number of aryl methyl sites for hydroxylation is 2. The van der Waals surface area contributed by atoms with Gasteiger partial charge in [-0.2, -0.15) is 5.26 Å². The summed E-state index contributed by atoms with van der Waals surface area (Å²) in [6, 6.07) is 9.96. The molecule has 0 unspecified atom stereocenters. The predicted octanol–water partition coefficient (Wildman–Crippen LogP) is 3.18. The minimum atomic E-state index is 0.669. The van der Waals surface area contributed by atoms with Crippen LogP contribution in [0.25, 0.3) is 0 Å². The summed E-state index contributed by atoms with van der Waals surface area (Å²) in [5.74, 6) is 0. The van der Waals surface area contributed by atoms with Crippen molar-refractivity contribution in [2.45, 2.75) is 20.4 Å². The van der Waals surface area contributed by atoms with Crippen molar-refractivity contribution in [1.82, 2.24) is 4.98 Å². The SMILES string of the molecule is Cc1ccc(C#N)c(NCc2cnccc2C)c1. The quantitative estimate of drug-likeness (QED) is 0.891. The van der Waals surface area contributed by atoms with E-state index < -0.39 is 0 Å². The minimum Gasteiger partial charge on any atom is -0.380 e. The fourth-order valence-corrected chi connectivity index (χ4v) is 1.77. The van der Waals surface area contributed by atoms with Crippen molar-refractivity contribution in [3.05, 3.63) is 58.9 Å². The topological polar surface area (TPSA) is 48.7 Å². The van der Waals surface area contributed by atoms with Crippen LogP contribution < -0.4 is 5.32 Å². The molecule has 1 aromatic carbocycles. The van der Waals surface area contributed by atoms with E-state index in [0.29, 0.717) is 12.1 Å². The molecule has 1 N–H and O–H groups in total. The average Bonchev–Trinajstić information content (AvgIpc) is 2.38. The molecule has 0 aliphatic carbocycles. The van der Waals surface area contributed by atoms with Crippen molar-refractivity contribution < 1.29 is 0 Å². The van der Waals surface area contributed by atoms with E-state index in [9.17, 15) is 0 Å². The van der Waals surface area contributed by atoms with Crippen LogP contribution in [0.1, 0.15) is 22.3 Å². The van der Waals surface area contributed by atoms with Crippen molar-refractivity contribution in [3.8, 4) is 6.07 Å². The summed E-state index contributed by atoms with van der Waals surface area (Å²) in [6.07, 6.45) is 3.64. The molecule has 0 aliphatic rings. The Kier molecular flexibility index (Phi) is 3.59. The summed E-state index contributed by atoms with van der Waals surface area (Å²) < 4.78 is 0. The van der Waals surface area contributed by atoms with Gasteiger partial charge in [-0.05, 0) is 48.7 Å². The molecule has 0 spiro atoms. The Morgan fingerprint density at radius 1 is 1.28 bits per heavy atom. The Labute approximate surface area is 107 Å². The molecule has 0 bridgehead atoms. The molecule has 0 saturated carbocycles. The summed E-state index contributed by atoms with van der Waals surface area (Å²) in [5.41, 5.74) is 5.02. The number of aromatic nitrogens is 1. The first kappa shape index (κ1) is 12.1. The number of anilines is 1. The highest BCUT2D eigenvalue weighted by molar-refractivity contribution is 5.59. The van der Waals surface area contributed by atoms with Crippen LogP contribution in [0.3, 0.4) is 0 Å². The zero-order valence-corrected chi connectivity index (χ0v) is 10.6. The van der Waals surface area contributed by atoms with E-state index in [0.717, 1.165) is 16.8 Å². The van der Waals surface area contributed by atoms with Crippen LogP contribution in [0.5, 0.6) is 0 Å². The second kappa shape index (κ2) is 5.33. The number of hydrogen-bond donors (Lipinski definition) is 1. The third-order valence-electron chi connectivity index (χ3n) is 2.91. The van der Waals surface area contributed by atoms with Gasteiger partial charge in [0.2, 0.25) is 0 Å². The summed E-state index contributed by atoms with van der Waals surface area (Å²) in [6.45, 7) is 4.75. The average molecular weight is 237 g/mol. The normalized spacial score (nSPS) is 9.83. The summed E-state index contributed by atoms with van der Waals surface area (Å²) >= 11 is 0. The molecular weight excluding hydrogens is 222 g/mol. The lowest BCUT2D eigenvalue weighted by Crippen LogP contribution is -2.03. The van der Waals surface area contributed by atoms with Crippen LogP contribution in [-0.2, 0) is 6.54 Å². The Hall–Kier alpha value is -2.34. The summed E-state index contributed by atoms with van der Waals surface area (Å²) in [7, 11) is 0. The molecule has 1 heterocycles. The minimum absolute atomic E-state index is 0.669. The van der Waals surface area contributed by atoms with Crippen molar-refractivity contribution >= 4 is 5.69 Å². The summed E-state index contributed by atoms with van der Waals surface area (Å²) in [5, 5.41) is 12.4. The number of hydrogen-bond acceptors (Lipinski definition) is 3. The number of nitrogens with one attached hydrogen (secondary N) is 1. The van der Waals surface area contributed by atoms with Gasteiger partial charge in [-0.3, -0.25) is 4.98 Å². The van der Waals surface area contributed by atoms with Gasteiger partial charge in [-0.15, -0.1) is 0 Å². The van der Waals surface area contributed by atoms with Gasteiger partial charge in [0, 0.05) is 18.9 Å². The van der Waals surface area contributed by atoms with Crippen LogP contribution in [0.2, 0.25) is 0 Å². The molecule has 3 nitrogen and oxygen atoms in total. The van der Waals surface area contributed by atoms with Gasteiger partial charge >= 0.3 is 0 Å². The Bertz CT molecular complexity index is 597. The Balaban J connectivity index is 2.18. The third-order valence-corrected chi connectivity index (χ3v) is 2.91. The molecule has 0 atom stereocenters. The Morgan fingerprint density at radius 2 is 2.11 bits per heavy atom. The fraction of sp³-hybridized carbons (Fsp3) is 0.200. The number of nitriles is 1. The van der Waals surface area contributed by atoms with Gasteiger partial charge in [-0.1, -0.05) is 6.07 Å². The maximum atomic E-state index is 9.06. The van der Waals surface area contributed by atoms with Gasteiger partial charge in [0.25, 0.3) is 0 Å². The molecule has 0 saturated heterocycles. The standard InChI is InChI=1S/C15H15N3/c1-11-3-4-13(8-16)15(7-11)18-10-14-9-17-6-5-12(14)2/h3-7,9,18H,10H2,1-2H3. The fourth-order valence-electron chi connectivity index (χ4n) is 1.77. The van der Waals surface area contributed by atoms with Gasteiger partial charge in [-0.25, -0.2) is 0 Å². The van der Waals surface area contributed by atoms with E-state index in [1.54, 1.807) is 6.20 Å². The van der Waals surface area contributed by atoms with Crippen LogP contribution in [-0.4, -0.2) is 4.98 Å². The predicted molar refractivity (Wildman–Crippen MR) is 72.2 cm³/mol. The number of rotatable bonds is 3. The van der Waals surface area contributed by atoms with E-state index in [1.165, 1.54) is 5.56 Å². The lowest BCUT2D eigenvalue weighted by Gasteiger charge is -2.10. The van der Waals surface area contributed by atoms with Crippen molar-refractivity contribution in [2.75, 3.05) is 5.32 Å². The zero-order chi connectivity index (χ0) is 13.0. The highest BCUT2D eigenvalue weighted by Gasteiger charge is 2.03. The summed E-state index contributed by atoms with van der Waals surface area (Å²) in [4.78, 5) is 4.11. The molecule has 3 heteroatoms. The molecule has 0 fully saturated rings. The van der Waals surface area contributed by atoms with Crippen LogP contribution in [0.15, 0.2) is 36.7 Å². The first-order chi connectivity index (χ1) is 8.70. The second-order valence-corrected chi connectivity index (χ2v) is 4.32. The van der Waals surface area contributed by atoms with Gasteiger partial charge < -0.3 is 5.32 Å². The molecule has 18 heavy (non-hydrogen) atoms. The van der Waals surface area contributed by atoms with Gasteiger partial charge in [0.15, 0.2) is 0 Å². The van der Waals surface area contributed by atoms with E-state index in [-0.39, 0.29) is 0 Å². The van der Waals surface area contributed by atoms with Gasteiger partial charge in [0.1, 0.15) is 6.07 Å². The van der Waals surface area contributed by atoms with Crippen LogP contribution in [0.4, 0.5) is 5.69 Å². The highest BCUT2D eigenvalue weighted by atomic mass is 14.9. The van der Waals surface area contributed by atoms with Crippen molar-refractivity contribution in [3.63, 3.8) is 0 Å². The first-order valence-electron chi connectivity index (χ1n) is 5.85. The second-order valence-electron chi connectivity index (χ2n) is 4.32. The monoisotopic (exact) mass is 237 g/mol. The van der Waals surface area contributed by atoms with Gasteiger partial charge in [0.05, 0.1) is 11.3 Å². The molecule has 1 aromatic heterocycles. The lowest BCUT2D eigenvalue weighted by molar-refractivity contribution is 1.08. The number of pyridine rings is 1. The molecule has 0 aliphatic heterocycles. The van der Waals surface area contributed by atoms with E-state index in [2.05, 4.69) is 23.3 Å². The number of benzene rings is 1. The smallest absolute Gasteiger partial charge is 0.101 e. The first-order valence-corrected chi connectivity index (χ1v) is 5.85. The molecular formula is C15H15N3. The largest absolute Gasteiger partial charge is 0.380 e. The van der Waals surface area contributed by atoms with Crippen molar-refractivity contribution in [1.29, 1.82) is 5.26 Å². The molecule has 90 valence electrons. The maximum Gasteiger partial charge on any atom is 0.101 e. The number of nitrogens with zero attached hydrogens (tertiary/aromatic N) is 2. The molecule has 2 aromatic rings. The highest BCUT2D eigenvalue weighted by Crippen LogP contribution is 2.18. The zero-order valence-electron chi connectivity index (χ0n) is 10.6. The van der Waals surface area contributed by atoms with Crippen LogP contribution in [0, 0.1) is 25.2 Å². The molecule has 0 radical (unpaired) electrons. The molecule has 0 amide bonds. The van der Waals surface area contributed by atoms with Crippen LogP contribution >= 0.6 is 0 Å². The Morgan fingerprint density at radius 3 is 2.83 bits per heavy atom. The van der Waals surface area contributed by atoms with E-state index >= 15 is 0 Å². The maximum absolute atomic E-state index is 9.06. The van der Waals surface area contributed by atoms with E-state index in [4.69, 9.17) is 5.26 Å². The third kappa shape index (κ3) is 2.67. The molecule has 2 rings (SSSR count). The van der Waals surface area contributed by atoms with E-state index in [1.807, 2.05) is 37.4 Å². The van der Waals surface area contributed by atoms with Crippen molar-refractivity contribution in [2.24, 2.45) is 0 Å².